The molecule has 1 saturated carbocycles. The number of hydrogen-bond donors (Lipinski definition) is 1. The predicted molar refractivity (Wildman–Crippen MR) is 69.3 cm³/mol. The summed E-state index contributed by atoms with van der Waals surface area (Å²) in [6, 6.07) is 4.86. The lowest BCUT2D eigenvalue weighted by atomic mass is 10.0. The van der Waals surface area contributed by atoms with Crippen LogP contribution in [0.4, 0.5) is 4.39 Å². The highest BCUT2D eigenvalue weighted by Crippen LogP contribution is 2.36. The molecule has 0 radical (unpaired) electrons. The summed E-state index contributed by atoms with van der Waals surface area (Å²) < 4.78 is 19.3. The van der Waals surface area contributed by atoms with Crippen molar-refractivity contribution in [3.05, 3.63) is 34.6 Å². The summed E-state index contributed by atoms with van der Waals surface area (Å²) in [5.41, 5.74) is 0.445. The smallest absolute Gasteiger partial charge is 0.145 e. The van der Waals surface area contributed by atoms with Crippen LogP contribution < -0.4 is 0 Å². The largest absolute Gasteiger partial charge is 0.390 e. The van der Waals surface area contributed by atoms with Crippen LogP contribution in [0.1, 0.15) is 25.3 Å². The monoisotopic (exact) mass is 272 g/mol. The summed E-state index contributed by atoms with van der Waals surface area (Å²) in [7, 11) is 0. The van der Waals surface area contributed by atoms with Crippen molar-refractivity contribution in [1.29, 1.82) is 0 Å². The van der Waals surface area contributed by atoms with E-state index in [0.29, 0.717) is 18.1 Å². The van der Waals surface area contributed by atoms with E-state index in [-0.39, 0.29) is 17.5 Å². The molecule has 2 unspecified atom stereocenters. The molecule has 0 aromatic heterocycles. The number of aliphatic hydroxyl groups excluding tert-OH is 1. The van der Waals surface area contributed by atoms with Gasteiger partial charge in [0.1, 0.15) is 5.82 Å². The Kier molecular flexibility index (Phi) is 4.60. The molecule has 1 aromatic carbocycles. The first-order valence-corrected chi connectivity index (χ1v) is 6.73. The quantitative estimate of drug-likeness (QED) is 0.862. The first-order valence-electron chi connectivity index (χ1n) is 6.36. The van der Waals surface area contributed by atoms with Crippen molar-refractivity contribution < 1.29 is 14.2 Å². The van der Waals surface area contributed by atoms with Crippen molar-refractivity contribution in [1.82, 2.24) is 0 Å². The molecule has 1 aliphatic rings. The summed E-state index contributed by atoms with van der Waals surface area (Å²) in [4.78, 5) is 0. The third-order valence-electron chi connectivity index (χ3n) is 3.29. The van der Waals surface area contributed by atoms with Crippen molar-refractivity contribution in [2.45, 2.75) is 38.4 Å². The molecule has 18 heavy (non-hydrogen) atoms. The van der Waals surface area contributed by atoms with E-state index < -0.39 is 11.9 Å². The van der Waals surface area contributed by atoms with Gasteiger partial charge in [-0.2, -0.15) is 0 Å². The number of benzene rings is 1. The fourth-order valence-corrected chi connectivity index (χ4v) is 2.42. The average molecular weight is 273 g/mol. The van der Waals surface area contributed by atoms with Crippen LogP contribution in [-0.4, -0.2) is 23.9 Å². The molecule has 2 nitrogen and oxygen atoms in total. The highest BCUT2D eigenvalue weighted by Gasteiger charge is 2.36. The van der Waals surface area contributed by atoms with Crippen LogP contribution in [0.3, 0.4) is 0 Å². The van der Waals surface area contributed by atoms with Crippen molar-refractivity contribution in [3.8, 4) is 0 Å². The van der Waals surface area contributed by atoms with Gasteiger partial charge in [-0.3, -0.25) is 0 Å². The van der Waals surface area contributed by atoms with Gasteiger partial charge in [-0.25, -0.2) is 4.39 Å². The van der Waals surface area contributed by atoms with Gasteiger partial charge in [-0.15, -0.1) is 0 Å². The molecule has 0 amide bonds. The lowest BCUT2D eigenvalue weighted by Crippen LogP contribution is -2.33. The third kappa shape index (κ3) is 3.22. The van der Waals surface area contributed by atoms with Gasteiger partial charge in [0.05, 0.1) is 17.2 Å². The Morgan fingerprint density at radius 3 is 2.83 bits per heavy atom. The molecular weight excluding hydrogens is 255 g/mol. The van der Waals surface area contributed by atoms with Crippen molar-refractivity contribution in [2.75, 3.05) is 6.61 Å². The minimum absolute atomic E-state index is 0.0964. The molecule has 1 fully saturated rings. The van der Waals surface area contributed by atoms with E-state index >= 15 is 0 Å². The van der Waals surface area contributed by atoms with Crippen LogP contribution in [0.15, 0.2) is 18.2 Å². The normalized spacial score (nSPS) is 18.7. The lowest BCUT2D eigenvalue weighted by molar-refractivity contribution is -0.0442. The number of rotatable bonds is 6. The molecule has 0 aliphatic heterocycles. The summed E-state index contributed by atoms with van der Waals surface area (Å²) in [6.45, 7) is 2.47. The van der Waals surface area contributed by atoms with Gasteiger partial charge < -0.3 is 9.84 Å². The van der Waals surface area contributed by atoms with Crippen molar-refractivity contribution >= 4 is 11.6 Å². The molecule has 2 rings (SSSR count). The molecule has 100 valence electrons. The maximum Gasteiger partial charge on any atom is 0.145 e. The van der Waals surface area contributed by atoms with E-state index in [4.69, 9.17) is 16.3 Å². The van der Waals surface area contributed by atoms with Crippen LogP contribution in [0, 0.1) is 11.7 Å². The summed E-state index contributed by atoms with van der Waals surface area (Å²) >= 11 is 5.73. The molecule has 1 aromatic rings. The second-order valence-electron chi connectivity index (χ2n) is 4.74. The Hall–Kier alpha value is -0.640. The Labute approximate surface area is 112 Å². The first-order chi connectivity index (χ1) is 8.63. The van der Waals surface area contributed by atoms with Gasteiger partial charge >= 0.3 is 0 Å². The first kappa shape index (κ1) is 13.8. The van der Waals surface area contributed by atoms with E-state index in [1.165, 1.54) is 6.07 Å². The third-order valence-corrected chi connectivity index (χ3v) is 3.58. The highest BCUT2D eigenvalue weighted by atomic mass is 35.5. The number of halogens is 2. The number of ether oxygens (including phenoxy) is 1. The molecule has 0 spiro atoms. The van der Waals surface area contributed by atoms with E-state index in [1.807, 2.05) is 6.92 Å². The zero-order valence-corrected chi connectivity index (χ0v) is 11.2. The van der Waals surface area contributed by atoms with Crippen molar-refractivity contribution in [2.24, 2.45) is 5.92 Å². The van der Waals surface area contributed by atoms with E-state index in [1.54, 1.807) is 12.1 Å². The van der Waals surface area contributed by atoms with E-state index in [9.17, 15) is 9.50 Å². The fraction of sp³-hybridized carbons (Fsp3) is 0.571. The zero-order chi connectivity index (χ0) is 13.1. The van der Waals surface area contributed by atoms with Gasteiger partial charge in [0, 0.05) is 13.0 Å². The zero-order valence-electron chi connectivity index (χ0n) is 10.4. The SMILES string of the molecule is CCOC(C(O)Cc1cccc(Cl)c1F)C1CC1. The van der Waals surface area contributed by atoms with Crippen molar-refractivity contribution in [3.63, 3.8) is 0 Å². The maximum absolute atomic E-state index is 13.7. The van der Waals surface area contributed by atoms with E-state index in [2.05, 4.69) is 0 Å². The van der Waals surface area contributed by atoms with Crippen LogP contribution in [0.25, 0.3) is 0 Å². The molecule has 0 saturated heterocycles. The molecule has 0 bridgehead atoms. The average Bonchev–Trinajstić information content (AvgIpc) is 3.16. The number of hydrogen-bond acceptors (Lipinski definition) is 2. The predicted octanol–water partition coefficient (Wildman–Crippen LogP) is 3.20. The van der Waals surface area contributed by atoms with Gasteiger partial charge in [0.25, 0.3) is 0 Å². The minimum Gasteiger partial charge on any atom is -0.390 e. The molecule has 1 aliphatic carbocycles. The Bertz CT molecular complexity index is 407. The highest BCUT2D eigenvalue weighted by molar-refractivity contribution is 6.30. The van der Waals surface area contributed by atoms with Crippen LogP contribution >= 0.6 is 11.6 Å². The van der Waals surface area contributed by atoms with Gasteiger partial charge in [0.2, 0.25) is 0 Å². The van der Waals surface area contributed by atoms with Crippen LogP contribution in [-0.2, 0) is 11.2 Å². The minimum atomic E-state index is -0.676. The maximum atomic E-state index is 13.7. The molecule has 1 N–H and O–H groups in total. The van der Waals surface area contributed by atoms with Gasteiger partial charge in [-0.05, 0) is 37.3 Å². The van der Waals surface area contributed by atoms with Gasteiger partial charge in [-0.1, -0.05) is 23.7 Å². The molecule has 2 atom stereocenters. The standard InChI is InChI=1S/C14H18ClFO2/c1-2-18-14(9-6-7-9)12(17)8-10-4-3-5-11(15)13(10)16/h3-5,9,12,14,17H,2,6-8H2,1H3. The van der Waals surface area contributed by atoms with Crippen LogP contribution in [0.5, 0.6) is 0 Å². The van der Waals surface area contributed by atoms with E-state index in [0.717, 1.165) is 12.8 Å². The Morgan fingerprint density at radius 2 is 2.22 bits per heavy atom. The Morgan fingerprint density at radius 1 is 1.50 bits per heavy atom. The number of aliphatic hydroxyl groups is 1. The molecular formula is C14H18ClFO2. The van der Waals surface area contributed by atoms with Crippen LogP contribution in [0.2, 0.25) is 5.02 Å². The molecule has 4 heteroatoms. The Balaban J connectivity index is 2.04. The fourth-order valence-electron chi connectivity index (χ4n) is 2.23. The summed E-state index contributed by atoms with van der Waals surface area (Å²) in [5, 5.41) is 10.3. The van der Waals surface area contributed by atoms with Gasteiger partial charge in [0.15, 0.2) is 0 Å². The second-order valence-corrected chi connectivity index (χ2v) is 5.15. The molecule has 0 heterocycles. The summed E-state index contributed by atoms with van der Waals surface area (Å²) in [6.07, 6.45) is 1.55. The topological polar surface area (TPSA) is 29.5 Å². The second kappa shape index (κ2) is 6.00. The lowest BCUT2D eigenvalue weighted by Gasteiger charge is -2.23. The summed E-state index contributed by atoms with van der Waals surface area (Å²) in [5.74, 6) is -0.0218.